The van der Waals surface area contributed by atoms with Crippen molar-refractivity contribution in [3.63, 3.8) is 0 Å². The van der Waals surface area contributed by atoms with Crippen molar-refractivity contribution in [2.24, 2.45) is 0 Å². The van der Waals surface area contributed by atoms with Gasteiger partial charge in [-0.25, -0.2) is 0 Å². The molecule has 0 aromatic heterocycles. The summed E-state index contributed by atoms with van der Waals surface area (Å²) in [6.07, 6.45) is 6.84. The second-order valence-corrected chi connectivity index (χ2v) is 2.81. The van der Waals surface area contributed by atoms with Crippen molar-refractivity contribution in [3.05, 3.63) is 0 Å². The molecular weight excluding hydrogens is 166 g/mol. The Kier molecular flexibility index (Phi) is 7.04. The average molecular weight is 183 g/mol. The zero-order valence-electron chi connectivity index (χ0n) is 8.38. The van der Waals surface area contributed by atoms with Crippen molar-refractivity contribution in [3.8, 4) is 12.3 Å². The van der Waals surface area contributed by atoms with E-state index in [1.165, 1.54) is 7.11 Å². The normalized spacial score (nSPS) is 9.69. The lowest BCUT2D eigenvalue weighted by atomic mass is 10.3. The maximum absolute atomic E-state index is 10.9. The maximum Gasteiger partial charge on any atom is 0.319 e. The van der Waals surface area contributed by atoms with Crippen LogP contribution in [0.25, 0.3) is 0 Å². The van der Waals surface area contributed by atoms with Crippen LogP contribution in [0.3, 0.4) is 0 Å². The van der Waals surface area contributed by atoms with Crippen molar-refractivity contribution < 1.29 is 9.53 Å². The van der Waals surface area contributed by atoms with Crippen LogP contribution in [0, 0.1) is 12.3 Å². The smallest absolute Gasteiger partial charge is 0.319 e. The van der Waals surface area contributed by atoms with Gasteiger partial charge in [-0.2, -0.15) is 0 Å². The van der Waals surface area contributed by atoms with Crippen LogP contribution in [0.4, 0.5) is 0 Å². The van der Waals surface area contributed by atoms with Gasteiger partial charge >= 0.3 is 5.97 Å². The number of terminal acetylenes is 1. The number of hydrogen-bond donors (Lipinski definition) is 0. The summed E-state index contributed by atoms with van der Waals surface area (Å²) in [5, 5.41) is 0. The van der Waals surface area contributed by atoms with Crippen LogP contribution in [0.1, 0.15) is 19.8 Å². The highest BCUT2D eigenvalue weighted by molar-refractivity contribution is 5.71. The zero-order chi connectivity index (χ0) is 10.1. The Hall–Kier alpha value is -1.01. The molecular formula is C10H17NO2. The van der Waals surface area contributed by atoms with Crippen molar-refractivity contribution in [2.75, 3.05) is 26.7 Å². The number of methoxy groups -OCH3 is 1. The lowest BCUT2D eigenvalue weighted by Crippen LogP contribution is -2.32. The molecule has 0 rings (SSSR count). The van der Waals surface area contributed by atoms with Crippen LogP contribution < -0.4 is 0 Å². The number of rotatable bonds is 6. The molecule has 0 spiro atoms. The zero-order valence-corrected chi connectivity index (χ0v) is 8.38. The Morgan fingerprint density at radius 3 is 2.69 bits per heavy atom. The van der Waals surface area contributed by atoms with E-state index in [0.29, 0.717) is 13.0 Å². The number of carbonyl (C=O) groups excluding carboxylic acids is 1. The molecule has 0 aromatic rings. The third-order valence-corrected chi connectivity index (χ3v) is 1.69. The molecule has 3 nitrogen and oxygen atoms in total. The fraction of sp³-hybridized carbons (Fsp3) is 0.700. The summed E-state index contributed by atoms with van der Waals surface area (Å²) in [5.41, 5.74) is 0. The van der Waals surface area contributed by atoms with Gasteiger partial charge < -0.3 is 4.74 Å². The summed E-state index contributed by atoms with van der Waals surface area (Å²) in [6.45, 7) is 4.06. The second-order valence-electron chi connectivity index (χ2n) is 2.81. The molecule has 0 heterocycles. The largest absolute Gasteiger partial charge is 0.468 e. The highest BCUT2D eigenvalue weighted by Crippen LogP contribution is 1.94. The third-order valence-electron chi connectivity index (χ3n) is 1.69. The first kappa shape index (κ1) is 12.0. The highest BCUT2D eigenvalue weighted by Gasteiger charge is 2.08. The molecule has 0 N–H and O–H groups in total. The maximum atomic E-state index is 10.9. The number of esters is 1. The SMILES string of the molecule is C#CCCN(CCC)CC(=O)OC. The lowest BCUT2D eigenvalue weighted by Gasteiger charge is -2.18. The highest BCUT2D eigenvalue weighted by atomic mass is 16.5. The van der Waals surface area contributed by atoms with Gasteiger partial charge in [0.2, 0.25) is 0 Å². The molecule has 0 aromatic carbocycles. The van der Waals surface area contributed by atoms with Gasteiger partial charge in [0, 0.05) is 13.0 Å². The van der Waals surface area contributed by atoms with E-state index in [4.69, 9.17) is 6.42 Å². The molecule has 0 amide bonds. The Morgan fingerprint density at radius 1 is 1.54 bits per heavy atom. The number of nitrogens with zero attached hydrogens (tertiary/aromatic N) is 1. The van der Waals surface area contributed by atoms with E-state index in [0.717, 1.165) is 19.5 Å². The summed E-state index contributed by atoms with van der Waals surface area (Å²) in [4.78, 5) is 13.0. The van der Waals surface area contributed by atoms with Crippen LogP contribution in [0.5, 0.6) is 0 Å². The molecule has 0 aliphatic carbocycles. The summed E-state index contributed by atoms with van der Waals surface area (Å²) >= 11 is 0. The van der Waals surface area contributed by atoms with Crippen LogP contribution in [-0.4, -0.2) is 37.6 Å². The molecule has 3 heteroatoms. The molecule has 0 atom stereocenters. The first-order chi connectivity index (χ1) is 6.24. The van der Waals surface area contributed by atoms with E-state index in [9.17, 15) is 4.79 Å². The third kappa shape index (κ3) is 6.18. The molecule has 0 unspecified atom stereocenters. The van der Waals surface area contributed by atoms with Crippen molar-refractivity contribution in [2.45, 2.75) is 19.8 Å². The quantitative estimate of drug-likeness (QED) is 0.452. The monoisotopic (exact) mass is 183 g/mol. The molecule has 0 bridgehead atoms. The molecule has 0 radical (unpaired) electrons. The van der Waals surface area contributed by atoms with Crippen molar-refractivity contribution >= 4 is 5.97 Å². The van der Waals surface area contributed by atoms with Crippen molar-refractivity contribution in [1.82, 2.24) is 4.90 Å². The van der Waals surface area contributed by atoms with Crippen molar-refractivity contribution in [1.29, 1.82) is 0 Å². The van der Waals surface area contributed by atoms with Gasteiger partial charge in [0.1, 0.15) is 0 Å². The Labute approximate surface area is 80.1 Å². The standard InChI is InChI=1S/C10H17NO2/c1-4-6-8-11(7-5-2)9-10(12)13-3/h1H,5-9H2,2-3H3. The summed E-state index contributed by atoms with van der Waals surface area (Å²) in [6, 6.07) is 0. The fourth-order valence-electron chi connectivity index (χ4n) is 1.06. The van der Waals surface area contributed by atoms with E-state index < -0.39 is 0 Å². The van der Waals surface area contributed by atoms with Gasteiger partial charge in [0.15, 0.2) is 0 Å². The van der Waals surface area contributed by atoms with E-state index in [-0.39, 0.29) is 5.97 Å². The minimum atomic E-state index is -0.203. The Bertz CT molecular complexity index is 184. The van der Waals surface area contributed by atoms with E-state index in [1.54, 1.807) is 0 Å². The van der Waals surface area contributed by atoms with Gasteiger partial charge in [-0.15, -0.1) is 12.3 Å². The number of ether oxygens (including phenoxy) is 1. The van der Waals surface area contributed by atoms with Crippen LogP contribution in [-0.2, 0) is 9.53 Å². The van der Waals surface area contributed by atoms with E-state index in [1.807, 2.05) is 4.90 Å². The average Bonchev–Trinajstić information content (AvgIpc) is 2.14. The minimum Gasteiger partial charge on any atom is -0.468 e. The Morgan fingerprint density at radius 2 is 2.23 bits per heavy atom. The lowest BCUT2D eigenvalue weighted by molar-refractivity contribution is -0.141. The van der Waals surface area contributed by atoms with Crippen LogP contribution in [0.2, 0.25) is 0 Å². The van der Waals surface area contributed by atoms with Gasteiger partial charge in [0.25, 0.3) is 0 Å². The minimum absolute atomic E-state index is 0.203. The number of hydrogen-bond acceptors (Lipinski definition) is 3. The van der Waals surface area contributed by atoms with Crippen LogP contribution >= 0.6 is 0 Å². The predicted octanol–water partition coefficient (Wildman–Crippen LogP) is 0.895. The predicted molar refractivity (Wildman–Crippen MR) is 52.2 cm³/mol. The van der Waals surface area contributed by atoms with Gasteiger partial charge in [-0.3, -0.25) is 9.69 Å². The number of carbonyl (C=O) groups is 1. The fourth-order valence-corrected chi connectivity index (χ4v) is 1.06. The first-order valence-corrected chi connectivity index (χ1v) is 4.47. The molecule has 0 fully saturated rings. The topological polar surface area (TPSA) is 29.5 Å². The Balaban J connectivity index is 3.80. The van der Waals surface area contributed by atoms with Gasteiger partial charge in [0.05, 0.1) is 13.7 Å². The molecule has 74 valence electrons. The molecule has 0 saturated carbocycles. The summed E-state index contributed by atoms with van der Waals surface area (Å²) in [5.74, 6) is 2.35. The molecule has 0 aliphatic heterocycles. The van der Waals surface area contributed by atoms with Crippen LogP contribution in [0.15, 0.2) is 0 Å². The first-order valence-electron chi connectivity index (χ1n) is 4.47. The van der Waals surface area contributed by atoms with E-state index >= 15 is 0 Å². The van der Waals surface area contributed by atoms with Gasteiger partial charge in [-0.1, -0.05) is 6.92 Å². The molecule has 13 heavy (non-hydrogen) atoms. The van der Waals surface area contributed by atoms with Gasteiger partial charge in [-0.05, 0) is 13.0 Å². The summed E-state index contributed by atoms with van der Waals surface area (Å²) in [7, 11) is 1.40. The second kappa shape index (κ2) is 7.63. The molecule has 0 saturated heterocycles. The van der Waals surface area contributed by atoms with E-state index in [2.05, 4.69) is 17.6 Å². The molecule has 0 aliphatic rings. The summed E-state index contributed by atoms with van der Waals surface area (Å²) < 4.78 is 4.57.